The van der Waals surface area contributed by atoms with Crippen LogP contribution in [0.3, 0.4) is 0 Å². The number of aromatic nitrogens is 3. The Kier molecular flexibility index (Phi) is 3.32. The molecule has 0 aliphatic rings. The molecular weight excluding hydrogens is 270 g/mol. The van der Waals surface area contributed by atoms with E-state index in [1.54, 1.807) is 0 Å². The van der Waals surface area contributed by atoms with E-state index in [0.717, 1.165) is 22.7 Å². The summed E-state index contributed by atoms with van der Waals surface area (Å²) in [6.45, 7) is 12.8. The van der Waals surface area contributed by atoms with Crippen molar-refractivity contribution >= 4 is 5.65 Å². The van der Waals surface area contributed by atoms with E-state index in [-0.39, 0.29) is 5.41 Å². The summed E-state index contributed by atoms with van der Waals surface area (Å²) in [6, 6.07) is 10.7. The van der Waals surface area contributed by atoms with Gasteiger partial charge in [-0.25, -0.2) is 9.50 Å². The molecule has 0 aliphatic heterocycles. The van der Waals surface area contributed by atoms with E-state index < -0.39 is 0 Å². The Labute approximate surface area is 132 Å². The molecular formula is C19H23N3. The Bertz CT molecular complexity index is 834. The maximum absolute atomic E-state index is 4.88. The van der Waals surface area contributed by atoms with Crippen molar-refractivity contribution in [2.75, 3.05) is 0 Å². The molecule has 3 heteroatoms. The summed E-state index contributed by atoms with van der Waals surface area (Å²) in [5.74, 6) is 0. The summed E-state index contributed by atoms with van der Waals surface area (Å²) in [5, 5.41) is 4.88. The van der Waals surface area contributed by atoms with Gasteiger partial charge in [0, 0.05) is 22.2 Å². The highest BCUT2D eigenvalue weighted by Crippen LogP contribution is 2.29. The van der Waals surface area contributed by atoms with Gasteiger partial charge < -0.3 is 0 Å². The minimum Gasteiger partial charge on any atom is -0.234 e. The van der Waals surface area contributed by atoms with E-state index in [1.165, 1.54) is 16.7 Å². The Balaban J connectivity index is 2.33. The van der Waals surface area contributed by atoms with Crippen LogP contribution in [0, 0.1) is 20.8 Å². The van der Waals surface area contributed by atoms with Crippen molar-refractivity contribution in [3.8, 4) is 11.3 Å². The molecule has 0 amide bonds. The Hall–Kier alpha value is -2.16. The molecule has 0 atom stereocenters. The van der Waals surface area contributed by atoms with Crippen molar-refractivity contribution in [3.05, 3.63) is 52.8 Å². The minimum atomic E-state index is 0.0102. The van der Waals surface area contributed by atoms with Gasteiger partial charge in [-0.3, -0.25) is 0 Å². The van der Waals surface area contributed by atoms with Gasteiger partial charge in [-0.15, -0.1) is 0 Å². The van der Waals surface area contributed by atoms with Crippen molar-refractivity contribution < 1.29 is 0 Å². The quantitative estimate of drug-likeness (QED) is 0.655. The van der Waals surface area contributed by atoms with Gasteiger partial charge >= 0.3 is 0 Å². The first-order chi connectivity index (χ1) is 10.3. The summed E-state index contributed by atoms with van der Waals surface area (Å²) >= 11 is 0. The summed E-state index contributed by atoms with van der Waals surface area (Å²) < 4.78 is 1.99. The molecule has 0 saturated heterocycles. The van der Waals surface area contributed by atoms with Crippen LogP contribution < -0.4 is 0 Å². The van der Waals surface area contributed by atoms with Crippen LogP contribution in [0.2, 0.25) is 0 Å². The van der Waals surface area contributed by atoms with Crippen molar-refractivity contribution in [2.45, 2.75) is 47.0 Å². The van der Waals surface area contributed by atoms with Crippen LogP contribution in [0.4, 0.5) is 0 Å². The van der Waals surface area contributed by atoms with Crippen LogP contribution >= 0.6 is 0 Å². The minimum absolute atomic E-state index is 0.0102. The predicted molar refractivity (Wildman–Crippen MR) is 91.3 cm³/mol. The lowest BCUT2D eigenvalue weighted by Gasteiger charge is -2.15. The first-order valence-corrected chi connectivity index (χ1v) is 7.72. The molecule has 3 nitrogen and oxygen atoms in total. The summed E-state index contributed by atoms with van der Waals surface area (Å²) in [4.78, 5) is 4.71. The molecule has 0 fully saturated rings. The van der Waals surface area contributed by atoms with Gasteiger partial charge in [0.25, 0.3) is 0 Å². The number of hydrogen-bond acceptors (Lipinski definition) is 2. The molecule has 0 bridgehead atoms. The molecule has 1 aromatic carbocycles. The number of rotatable bonds is 1. The molecule has 114 valence electrons. The summed E-state index contributed by atoms with van der Waals surface area (Å²) in [6.07, 6.45) is 0. The molecule has 0 spiro atoms. The highest BCUT2D eigenvalue weighted by atomic mass is 15.3. The normalized spacial score (nSPS) is 12.1. The van der Waals surface area contributed by atoms with E-state index in [2.05, 4.69) is 65.0 Å². The van der Waals surface area contributed by atoms with Crippen LogP contribution in [-0.4, -0.2) is 14.6 Å². The van der Waals surface area contributed by atoms with E-state index >= 15 is 0 Å². The monoisotopic (exact) mass is 293 g/mol. The standard InChI is InChI=1S/C19H23N3/c1-12-7-9-15(10-8-12)16-11-13(2)20-18-14(3)17(19(4,5)6)21-22(16)18/h7-11H,1-6H3. The zero-order valence-corrected chi connectivity index (χ0v) is 14.2. The zero-order chi connectivity index (χ0) is 16.1. The Morgan fingerprint density at radius 2 is 1.59 bits per heavy atom. The molecule has 0 radical (unpaired) electrons. The van der Waals surface area contributed by atoms with Gasteiger partial charge in [-0.2, -0.15) is 5.10 Å². The molecule has 2 aromatic heterocycles. The average Bonchev–Trinajstić information content (AvgIpc) is 2.76. The van der Waals surface area contributed by atoms with Crippen molar-refractivity contribution in [3.63, 3.8) is 0 Å². The summed E-state index contributed by atoms with van der Waals surface area (Å²) in [7, 11) is 0. The second-order valence-corrected chi connectivity index (χ2v) is 7.11. The van der Waals surface area contributed by atoms with E-state index in [9.17, 15) is 0 Å². The maximum Gasteiger partial charge on any atom is 0.159 e. The van der Waals surface area contributed by atoms with E-state index in [0.29, 0.717) is 0 Å². The van der Waals surface area contributed by atoms with E-state index in [1.807, 2.05) is 11.4 Å². The Morgan fingerprint density at radius 3 is 2.18 bits per heavy atom. The maximum atomic E-state index is 4.88. The lowest BCUT2D eigenvalue weighted by Crippen LogP contribution is -2.13. The van der Waals surface area contributed by atoms with Gasteiger partial charge in [-0.1, -0.05) is 50.6 Å². The lowest BCUT2D eigenvalue weighted by atomic mass is 9.90. The fourth-order valence-corrected chi connectivity index (χ4v) is 2.89. The van der Waals surface area contributed by atoms with Gasteiger partial charge in [0.05, 0.1) is 11.4 Å². The average molecular weight is 293 g/mol. The first kappa shape index (κ1) is 14.8. The molecule has 3 aromatic rings. The van der Waals surface area contributed by atoms with Crippen LogP contribution in [0.5, 0.6) is 0 Å². The molecule has 3 rings (SSSR count). The number of fused-ring (bicyclic) bond motifs is 1. The highest BCUT2D eigenvalue weighted by molar-refractivity contribution is 5.65. The van der Waals surface area contributed by atoms with E-state index in [4.69, 9.17) is 10.1 Å². The second-order valence-electron chi connectivity index (χ2n) is 7.11. The SMILES string of the molecule is Cc1ccc(-c2cc(C)nc3c(C)c(C(C)(C)C)nn23)cc1. The number of benzene rings is 1. The van der Waals surface area contributed by atoms with Gasteiger partial charge in [0.2, 0.25) is 0 Å². The largest absolute Gasteiger partial charge is 0.234 e. The molecule has 0 unspecified atom stereocenters. The van der Waals surface area contributed by atoms with Gasteiger partial charge in [-0.05, 0) is 26.8 Å². The smallest absolute Gasteiger partial charge is 0.159 e. The number of aryl methyl sites for hydroxylation is 3. The van der Waals surface area contributed by atoms with Crippen LogP contribution in [0.1, 0.15) is 43.3 Å². The van der Waals surface area contributed by atoms with Crippen molar-refractivity contribution in [2.24, 2.45) is 0 Å². The molecule has 2 heterocycles. The molecule has 0 aliphatic carbocycles. The molecule has 0 N–H and O–H groups in total. The van der Waals surface area contributed by atoms with Gasteiger partial charge in [0.1, 0.15) is 0 Å². The second kappa shape index (κ2) is 4.94. The predicted octanol–water partition coefficient (Wildman–Crippen LogP) is 4.62. The zero-order valence-electron chi connectivity index (χ0n) is 14.2. The van der Waals surface area contributed by atoms with Crippen LogP contribution in [0.25, 0.3) is 16.9 Å². The van der Waals surface area contributed by atoms with Crippen LogP contribution in [0.15, 0.2) is 30.3 Å². The third kappa shape index (κ3) is 2.41. The topological polar surface area (TPSA) is 30.2 Å². The third-order valence-electron chi connectivity index (χ3n) is 4.01. The fourth-order valence-electron chi connectivity index (χ4n) is 2.89. The third-order valence-corrected chi connectivity index (χ3v) is 4.01. The van der Waals surface area contributed by atoms with Crippen molar-refractivity contribution in [1.82, 2.24) is 14.6 Å². The summed E-state index contributed by atoms with van der Waals surface area (Å²) in [5.41, 5.74) is 7.80. The molecule has 22 heavy (non-hydrogen) atoms. The number of hydrogen-bond donors (Lipinski definition) is 0. The first-order valence-electron chi connectivity index (χ1n) is 7.72. The number of nitrogens with zero attached hydrogens (tertiary/aromatic N) is 3. The fraction of sp³-hybridized carbons (Fsp3) is 0.368. The highest BCUT2D eigenvalue weighted by Gasteiger charge is 2.23. The Morgan fingerprint density at radius 1 is 0.955 bits per heavy atom. The van der Waals surface area contributed by atoms with Crippen molar-refractivity contribution in [1.29, 1.82) is 0 Å². The van der Waals surface area contributed by atoms with Gasteiger partial charge in [0.15, 0.2) is 5.65 Å². The molecule has 0 saturated carbocycles. The lowest BCUT2D eigenvalue weighted by molar-refractivity contribution is 0.559. The van der Waals surface area contributed by atoms with Crippen LogP contribution in [-0.2, 0) is 5.41 Å².